The third-order valence-corrected chi connectivity index (χ3v) is 3.96. The van der Waals surface area contributed by atoms with E-state index in [4.69, 9.17) is 14.2 Å². The van der Waals surface area contributed by atoms with Crippen LogP contribution in [0.3, 0.4) is 0 Å². The third kappa shape index (κ3) is 4.11. The monoisotopic (exact) mass is 291 g/mol. The number of fused-ring (bicyclic) bond motifs is 1. The molecule has 116 valence electrons. The van der Waals surface area contributed by atoms with Crippen molar-refractivity contribution in [3.05, 3.63) is 23.8 Å². The van der Waals surface area contributed by atoms with E-state index in [-0.39, 0.29) is 6.04 Å². The molecule has 21 heavy (non-hydrogen) atoms. The molecule has 1 unspecified atom stereocenters. The lowest BCUT2D eigenvalue weighted by Gasteiger charge is -2.20. The minimum Gasteiger partial charge on any atom is -0.490 e. The molecule has 0 spiro atoms. The van der Waals surface area contributed by atoms with Crippen LogP contribution in [0, 0.1) is 5.92 Å². The van der Waals surface area contributed by atoms with Crippen LogP contribution in [0.25, 0.3) is 0 Å². The van der Waals surface area contributed by atoms with Gasteiger partial charge in [0, 0.05) is 13.0 Å². The molecule has 0 amide bonds. The van der Waals surface area contributed by atoms with Crippen molar-refractivity contribution in [2.45, 2.75) is 32.2 Å². The van der Waals surface area contributed by atoms with Gasteiger partial charge in [-0.25, -0.2) is 0 Å². The number of nitrogens with one attached hydrogen (secondary N) is 1. The van der Waals surface area contributed by atoms with Crippen molar-refractivity contribution >= 4 is 0 Å². The van der Waals surface area contributed by atoms with Crippen molar-refractivity contribution in [2.24, 2.45) is 5.92 Å². The second-order valence-corrected chi connectivity index (χ2v) is 5.85. The van der Waals surface area contributed by atoms with Crippen molar-refractivity contribution in [1.29, 1.82) is 0 Å². The fourth-order valence-electron chi connectivity index (χ4n) is 2.55. The van der Waals surface area contributed by atoms with Crippen LogP contribution in [0.15, 0.2) is 18.2 Å². The highest BCUT2D eigenvalue weighted by molar-refractivity contribution is 5.44. The first kappa shape index (κ1) is 14.7. The van der Waals surface area contributed by atoms with Crippen LogP contribution in [0.4, 0.5) is 0 Å². The zero-order valence-electron chi connectivity index (χ0n) is 12.8. The van der Waals surface area contributed by atoms with Crippen molar-refractivity contribution in [3.63, 3.8) is 0 Å². The highest BCUT2D eigenvalue weighted by atomic mass is 16.5. The van der Waals surface area contributed by atoms with Gasteiger partial charge in [-0.2, -0.15) is 0 Å². The van der Waals surface area contributed by atoms with Gasteiger partial charge in [0.2, 0.25) is 0 Å². The van der Waals surface area contributed by atoms with E-state index in [0.717, 1.165) is 50.2 Å². The number of benzene rings is 1. The summed E-state index contributed by atoms with van der Waals surface area (Å²) in [5.74, 6) is 2.51. The van der Waals surface area contributed by atoms with Gasteiger partial charge in [-0.15, -0.1) is 0 Å². The Kier molecular flexibility index (Phi) is 4.99. The number of rotatable bonds is 7. The van der Waals surface area contributed by atoms with E-state index in [9.17, 15) is 0 Å². The molecule has 4 nitrogen and oxygen atoms in total. The van der Waals surface area contributed by atoms with Gasteiger partial charge in [0.15, 0.2) is 11.5 Å². The van der Waals surface area contributed by atoms with E-state index in [1.807, 2.05) is 6.07 Å². The Morgan fingerprint density at radius 3 is 2.81 bits per heavy atom. The Hall–Kier alpha value is -1.26. The molecule has 1 saturated carbocycles. The van der Waals surface area contributed by atoms with Crippen LogP contribution in [0.5, 0.6) is 11.5 Å². The van der Waals surface area contributed by atoms with E-state index in [1.54, 1.807) is 0 Å². The molecule has 1 atom stereocenters. The first-order chi connectivity index (χ1) is 10.4. The quantitative estimate of drug-likeness (QED) is 0.838. The first-order valence-electron chi connectivity index (χ1n) is 8.07. The van der Waals surface area contributed by atoms with Crippen molar-refractivity contribution in [3.8, 4) is 11.5 Å². The molecule has 1 aliphatic carbocycles. The van der Waals surface area contributed by atoms with E-state index < -0.39 is 0 Å². The van der Waals surface area contributed by atoms with E-state index in [0.29, 0.717) is 6.61 Å². The fourth-order valence-corrected chi connectivity index (χ4v) is 2.55. The van der Waals surface area contributed by atoms with Crippen molar-refractivity contribution in [2.75, 3.05) is 33.0 Å². The van der Waals surface area contributed by atoms with Gasteiger partial charge in [-0.3, -0.25) is 0 Å². The normalized spacial score (nSPS) is 19.1. The maximum absolute atomic E-state index is 5.86. The lowest BCUT2D eigenvalue weighted by molar-refractivity contribution is 0.103. The molecule has 1 fully saturated rings. The van der Waals surface area contributed by atoms with Gasteiger partial charge in [-0.1, -0.05) is 13.0 Å². The number of hydrogen-bond donors (Lipinski definition) is 1. The molecule has 0 radical (unpaired) electrons. The molecule has 1 aromatic carbocycles. The van der Waals surface area contributed by atoms with Gasteiger partial charge in [0.05, 0.1) is 25.9 Å². The van der Waals surface area contributed by atoms with Crippen LogP contribution in [0.1, 0.15) is 37.8 Å². The predicted molar refractivity (Wildman–Crippen MR) is 82.0 cm³/mol. The van der Waals surface area contributed by atoms with Crippen LogP contribution in [0.2, 0.25) is 0 Å². The molecule has 1 aromatic rings. The molecule has 0 aromatic heterocycles. The van der Waals surface area contributed by atoms with E-state index >= 15 is 0 Å². The number of likely N-dealkylation sites (N-methyl/N-ethyl adjacent to an activating group) is 1. The van der Waals surface area contributed by atoms with Gasteiger partial charge in [0.1, 0.15) is 0 Å². The zero-order valence-corrected chi connectivity index (χ0v) is 12.8. The summed E-state index contributed by atoms with van der Waals surface area (Å²) in [5, 5.41) is 3.49. The summed E-state index contributed by atoms with van der Waals surface area (Å²) in [7, 11) is 0. The molecule has 1 heterocycles. The Morgan fingerprint density at radius 2 is 2.05 bits per heavy atom. The summed E-state index contributed by atoms with van der Waals surface area (Å²) in [6, 6.07) is 6.43. The van der Waals surface area contributed by atoms with Crippen LogP contribution < -0.4 is 14.8 Å². The zero-order chi connectivity index (χ0) is 14.5. The summed E-state index contributed by atoms with van der Waals surface area (Å²) in [6.45, 7) is 6.10. The molecule has 1 aliphatic heterocycles. The van der Waals surface area contributed by atoms with Gasteiger partial charge < -0.3 is 19.5 Å². The maximum Gasteiger partial charge on any atom is 0.161 e. The Morgan fingerprint density at radius 1 is 1.24 bits per heavy atom. The average molecular weight is 291 g/mol. The molecular formula is C17H25NO3. The maximum atomic E-state index is 5.86. The minimum absolute atomic E-state index is 0.214. The topological polar surface area (TPSA) is 39.7 Å². The molecule has 1 N–H and O–H groups in total. The largest absolute Gasteiger partial charge is 0.490 e. The molecule has 4 heteroatoms. The summed E-state index contributed by atoms with van der Waals surface area (Å²) in [5.41, 5.74) is 1.21. The smallest absolute Gasteiger partial charge is 0.161 e. The third-order valence-electron chi connectivity index (χ3n) is 3.96. The molecule has 0 bridgehead atoms. The second kappa shape index (κ2) is 7.14. The first-order valence-corrected chi connectivity index (χ1v) is 8.07. The lowest BCUT2D eigenvalue weighted by atomic mass is 10.1. The molecule has 3 rings (SSSR count). The van der Waals surface area contributed by atoms with Crippen LogP contribution in [-0.2, 0) is 4.74 Å². The summed E-state index contributed by atoms with van der Waals surface area (Å²) in [6.07, 6.45) is 3.59. The van der Waals surface area contributed by atoms with Gasteiger partial charge >= 0.3 is 0 Å². The van der Waals surface area contributed by atoms with Crippen molar-refractivity contribution in [1.82, 2.24) is 5.32 Å². The Balaban J connectivity index is 1.66. The average Bonchev–Trinajstić information content (AvgIpc) is 3.32. The summed E-state index contributed by atoms with van der Waals surface area (Å²) >= 11 is 0. The number of hydrogen-bond acceptors (Lipinski definition) is 4. The summed E-state index contributed by atoms with van der Waals surface area (Å²) in [4.78, 5) is 0. The number of ether oxygens (including phenoxy) is 3. The summed E-state index contributed by atoms with van der Waals surface area (Å²) < 4.78 is 17.3. The minimum atomic E-state index is 0.214. The SMILES string of the molecule is CCNC(COCC1CC1)c1ccc2c(c1)OCCCO2. The highest BCUT2D eigenvalue weighted by Gasteiger charge is 2.22. The van der Waals surface area contributed by atoms with Crippen LogP contribution in [-0.4, -0.2) is 33.0 Å². The van der Waals surface area contributed by atoms with Crippen molar-refractivity contribution < 1.29 is 14.2 Å². The molecule has 0 saturated heterocycles. The predicted octanol–water partition coefficient (Wildman–Crippen LogP) is 2.93. The standard InChI is InChI=1S/C17H25NO3/c1-2-18-15(12-19-11-13-4-5-13)14-6-7-16-17(10-14)21-9-3-8-20-16/h6-7,10,13,15,18H,2-5,8-9,11-12H2,1H3. The second-order valence-electron chi connectivity index (χ2n) is 5.85. The van der Waals surface area contributed by atoms with E-state index in [2.05, 4.69) is 24.4 Å². The Bertz CT molecular complexity index is 459. The highest BCUT2D eigenvalue weighted by Crippen LogP contribution is 2.33. The fraction of sp³-hybridized carbons (Fsp3) is 0.647. The van der Waals surface area contributed by atoms with E-state index in [1.165, 1.54) is 18.4 Å². The van der Waals surface area contributed by atoms with Gasteiger partial charge in [-0.05, 0) is 43.0 Å². The molecule has 2 aliphatic rings. The Labute approximate surface area is 126 Å². The lowest BCUT2D eigenvalue weighted by Crippen LogP contribution is -2.25. The van der Waals surface area contributed by atoms with Gasteiger partial charge in [0.25, 0.3) is 0 Å². The van der Waals surface area contributed by atoms with Crippen LogP contribution >= 0.6 is 0 Å². The molecular weight excluding hydrogens is 266 g/mol.